The van der Waals surface area contributed by atoms with Gasteiger partial charge < -0.3 is 15.0 Å². The van der Waals surface area contributed by atoms with Crippen molar-refractivity contribution in [3.63, 3.8) is 0 Å². The molecule has 1 amide bonds. The number of nitrogens with one attached hydrogen (secondary N) is 1. The number of hydrogen-bond acceptors (Lipinski definition) is 3. The van der Waals surface area contributed by atoms with Crippen molar-refractivity contribution in [3.05, 3.63) is 47.4 Å². The molecule has 2 N–H and O–H groups in total. The maximum atomic E-state index is 12.9. The molecule has 1 saturated carbocycles. The predicted molar refractivity (Wildman–Crippen MR) is 98.0 cm³/mol. The van der Waals surface area contributed by atoms with Crippen molar-refractivity contribution >= 4 is 5.91 Å². The molecule has 0 spiro atoms. The van der Waals surface area contributed by atoms with Gasteiger partial charge in [0, 0.05) is 36.2 Å². The van der Waals surface area contributed by atoms with Crippen molar-refractivity contribution in [2.75, 3.05) is 6.61 Å². The summed E-state index contributed by atoms with van der Waals surface area (Å²) in [5.41, 5.74) is 2.56. The highest BCUT2D eigenvalue weighted by atomic mass is 16.3. The minimum atomic E-state index is -0.0550. The molecule has 2 aromatic heterocycles. The summed E-state index contributed by atoms with van der Waals surface area (Å²) in [4.78, 5) is 17.3. The van der Waals surface area contributed by atoms with Gasteiger partial charge in [0.15, 0.2) is 0 Å². The highest BCUT2D eigenvalue weighted by Gasteiger charge is 2.26. The molecule has 0 aliphatic heterocycles. The molecule has 2 atom stereocenters. The van der Waals surface area contributed by atoms with E-state index >= 15 is 0 Å². The van der Waals surface area contributed by atoms with Crippen LogP contribution in [-0.4, -0.2) is 33.2 Å². The molecule has 134 valence electrons. The van der Waals surface area contributed by atoms with Crippen LogP contribution in [0.4, 0.5) is 0 Å². The number of amides is 1. The highest BCUT2D eigenvalue weighted by molar-refractivity contribution is 5.96. The van der Waals surface area contributed by atoms with E-state index < -0.39 is 0 Å². The smallest absolute Gasteiger partial charge is 0.253 e. The summed E-state index contributed by atoms with van der Waals surface area (Å²) in [6.45, 7) is 4.08. The van der Waals surface area contributed by atoms with Crippen LogP contribution < -0.4 is 5.32 Å². The van der Waals surface area contributed by atoms with E-state index in [1.165, 1.54) is 6.42 Å². The van der Waals surface area contributed by atoms with E-state index in [9.17, 15) is 9.90 Å². The van der Waals surface area contributed by atoms with E-state index in [0.29, 0.717) is 5.56 Å². The summed E-state index contributed by atoms with van der Waals surface area (Å²) in [5.74, 6) is 0.922. The molecule has 0 bridgehead atoms. The standard InChI is InChI=1S/C20H27N3O2/c1-14-12-17(15(2)23(14)19-10-6-7-11-21-19)20(25)22-18-9-5-3-4-8-16(18)13-24/h6-7,10-12,16,18,24H,3-5,8-9,13H2,1-2H3,(H,22,25). The average molecular weight is 341 g/mol. The Morgan fingerprint density at radius 2 is 2.08 bits per heavy atom. The van der Waals surface area contributed by atoms with Gasteiger partial charge in [-0.25, -0.2) is 4.98 Å². The normalized spacial score (nSPS) is 20.9. The molecule has 1 aliphatic carbocycles. The molecule has 25 heavy (non-hydrogen) atoms. The van der Waals surface area contributed by atoms with Crippen molar-refractivity contribution < 1.29 is 9.90 Å². The Labute approximate surface area is 149 Å². The van der Waals surface area contributed by atoms with Crippen molar-refractivity contribution in [1.82, 2.24) is 14.9 Å². The number of rotatable bonds is 4. The number of carbonyl (C=O) groups is 1. The first kappa shape index (κ1) is 17.7. The maximum absolute atomic E-state index is 12.9. The Morgan fingerprint density at radius 3 is 2.80 bits per heavy atom. The van der Waals surface area contributed by atoms with E-state index in [1.807, 2.05) is 42.7 Å². The maximum Gasteiger partial charge on any atom is 0.253 e. The molecule has 0 aromatic carbocycles. The fourth-order valence-corrected chi connectivity index (χ4v) is 3.87. The molecule has 3 rings (SSSR count). The SMILES string of the molecule is Cc1cc(C(=O)NC2CCCCCC2CO)c(C)n1-c1ccccn1. The lowest BCUT2D eigenvalue weighted by Crippen LogP contribution is -2.41. The predicted octanol–water partition coefficient (Wildman–Crippen LogP) is 3.16. The molecule has 0 radical (unpaired) electrons. The third kappa shape index (κ3) is 3.76. The van der Waals surface area contributed by atoms with Crippen LogP contribution in [0.5, 0.6) is 0 Å². The van der Waals surface area contributed by atoms with Crippen LogP contribution in [0.2, 0.25) is 0 Å². The van der Waals surface area contributed by atoms with E-state index in [-0.39, 0.29) is 24.5 Å². The number of hydrogen-bond donors (Lipinski definition) is 2. The number of aliphatic hydroxyl groups is 1. The lowest BCUT2D eigenvalue weighted by atomic mass is 9.95. The topological polar surface area (TPSA) is 67.2 Å². The number of aryl methyl sites for hydroxylation is 1. The lowest BCUT2D eigenvalue weighted by Gasteiger charge is -2.24. The molecular formula is C20H27N3O2. The summed E-state index contributed by atoms with van der Waals surface area (Å²) in [6.07, 6.45) is 7.09. The van der Waals surface area contributed by atoms with Gasteiger partial charge in [0.1, 0.15) is 5.82 Å². The van der Waals surface area contributed by atoms with Crippen LogP contribution in [0.3, 0.4) is 0 Å². The van der Waals surface area contributed by atoms with E-state index in [2.05, 4.69) is 10.3 Å². The molecule has 0 saturated heterocycles. The third-order valence-corrected chi connectivity index (χ3v) is 5.26. The fourth-order valence-electron chi connectivity index (χ4n) is 3.87. The summed E-state index contributed by atoms with van der Waals surface area (Å²) in [6, 6.07) is 7.74. The Kier molecular flexibility index (Phi) is 5.53. The van der Waals surface area contributed by atoms with Gasteiger partial charge in [0.25, 0.3) is 5.91 Å². The van der Waals surface area contributed by atoms with Gasteiger partial charge in [-0.1, -0.05) is 25.3 Å². The van der Waals surface area contributed by atoms with Gasteiger partial charge >= 0.3 is 0 Å². The molecule has 5 nitrogen and oxygen atoms in total. The van der Waals surface area contributed by atoms with Gasteiger partial charge in [-0.3, -0.25) is 4.79 Å². The zero-order valence-corrected chi connectivity index (χ0v) is 15.0. The van der Waals surface area contributed by atoms with Crippen LogP contribution in [-0.2, 0) is 0 Å². The van der Waals surface area contributed by atoms with Crippen LogP contribution in [0.1, 0.15) is 53.8 Å². The molecule has 5 heteroatoms. The number of aromatic nitrogens is 2. The molecule has 1 fully saturated rings. The minimum Gasteiger partial charge on any atom is -0.396 e. The highest BCUT2D eigenvalue weighted by Crippen LogP contribution is 2.25. The zero-order valence-electron chi connectivity index (χ0n) is 15.0. The van der Waals surface area contributed by atoms with Crippen molar-refractivity contribution in [2.24, 2.45) is 5.92 Å². The van der Waals surface area contributed by atoms with Gasteiger partial charge in [0.2, 0.25) is 0 Å². The minimum absolute atomic E-state index is 0.0536. The molecule has 2 unspecified atom stereocenters. The van der Waals surface area contributed by atoms with Crippen LogP contribution >= 0.6 is 0 Å². The lowest BCUT2D eigenvalue weighted by molar-refractivity contribution is 0.0899. The van der Waals surface area contributed by atoms with E-state index in [1.54, 1.807) is 6.20 Å². The quantitative estimate of drug-likeness (QED) is 0.840. The first-order valence-corrected chi connectivity index (χ1v) is 9.14. The Bertz CT molecular complexity index is 724. The van der Waals surface area contributed by atoms with Gasteiger partial charge in [-0.05, 0) is 44.9 Å². The molecule has 1 aliphatic rings. The second kappa shape index (κ2) is 7.83. The first-order chi connectivity index (χ1) is 12.1. The monoisotopic (exact) mass is 341 g/mol. The van der Waals surface area contributed by atoms with E-state index in [4.69, 9.17) is 0 Å². The average Bonchev–Trinajstić information content (AvgIpc) is 2.78. The molecule has 2 aromatic rings. The van der Waals surface area contributed by atoms with Gasteiger partial charge in [-0.15, -0.1) is 0 Å². The third-order valence-electron chi connectivity index (χ3n) is 5.26. The van der Waals surface area contributed by atoms with Gasteiger partial charge in [0.05, 0.1) is 5.56 Å². The second-order valence-electron chi connectivity index (χ2n) is 6.97. The number of pyridine rings is 1. The van der Waals surface area contributed by atoms with Crippen LogP contribution in [0, 0.1) is 19.8 Å². The number of carbonyl (C=O) groups excluding carboxylic acids is 1. The van der Waals surface area contributed by atoms with Crippen LogP contribution in [0.15, 0.2) is 30.5 Å². The molecular weight excluding hydrogens is 314 g/mol. The summed E-state index contributed by atoms with van der Waals surface area (Å²) in [5, 5.41) is 12.8. The second-order valence-corrected chi connectivity index (χ2v) is 6.97. The van der Waals surface area contributed by atoms with E-state index in [0.717, 1.165) is 42.9 Å². The Morgan fingerprint density at radius 1 is 1.28 bits per heavy atom. The summed E-state index contributed by atoms with van der Waals surface area (Å²) in [7, 11) is 0. The summed E-state index contributed by atoms with van der Waals surface area (Å²) >= 11 is 0. The fraction of sp³-hybridized carbons (Fsp3) is 0.500. The number of nitrogens with zero attached hydrogens (tertiary/aromatic N) is 2. The van der Waals surface area contributed by atoms with Crippen molar-refractivity contribution in [1.29, 1.82) is 0 Å². The van der Waals surface area contributed by atoms with Crippen LogP contribution in [0.25, 0.3) is 5.82 Å². The first-order valence-electron chi connectivity index (χ1n) is 9.14. The van der Waals surface area contributed by atoms with Gasteiger partial charge in [-0.2, -0.15) is 0 Å². The number of aliphatic hydroxyl groups excluding tert-OH is 1. The Hall–Kier alpha value is -2.14. The summed E-state index contributed by atoms with van der Waals surface area (Å²) < 4.78 is 2.01. The van der Waals surface area contributed by atoms with Crippen molar-refractivity contribution in [3.8, 4) is 5.82 Å². The van der Waals surface area contributed by atoms with Crippen molar-refractivity contribution in [2.45, 2.75) is 52.0 Å². The molecule has 2 heterocycles. The Balaban J connectivity index is 1.83. The largest absolute Gasteiger partial charge is 0.396 e. The zero-order chi connectivity index (χ0) is 17.8.